The van der Waals surface area contributed by atoms with Gasteiger partial charge in [-0.1, -0.05) is 367 Å². The van der Waals surface area contributed by atoms with E-state index in [2.05, 4.69) is 58.9 Å². The Bertz CT molecular complexity index is 2040. The lowest BCUT2D eigenvalue weighted by atomic mass is 9.99. The maximum absolute atomic E-state index is 13.1. The first-order valence-electron chi connectivity index (χ1n) is 42.5. The van der Waals surface area contributed by atoms with E-state index >= 15 is 0 Å². The van der Waals surface area contributed by atoms with Gasteiger partial charge in [-0.25, -0.2) is 9.13 Å². The minimum absolute atomic E-state index is 0.102. The van der Waals surface area contributed by atoms with Crippen LogP contribution in [0.15, 0.2) is 24.3 Å². The van der Waals surface area contributed by atoms with Gasteiger partial charge in [-0.2, -0.15) is 0 Å². The van der Waals surface area contributed by atoms with E-state index in [4.69, 9.17) is 37.0 Å². The highest BCUT2D eigenvalue weighted by Gasteiger charge is 2.30. The summed E-state index contributed by atoms with van der Waals surface area (Å²) in [5.41, 5.74) is 0. The highest BCUT2D eigenvalue weighted by molar-refractivity contribution is 7.47. The summed E-state index contributed by atoms with van der Waals surface area (Å²) in [4.78, 5) is 73.0. The van der Waals surface area contributed by atoms with Gasteiger partial charge in [0, 0.05) is 25.7 Å². The van der Waals surface area contributed by atoms with Gasteiger partial charge in [0.25, 0.3) is 0 Å². The summed E-state index contributed by atoms with van der Waals surface area (Å²) < 4.78 is 68.7. The van der Waals surface area contributed by atoms with Crippen LogP contribution < -0.4 is 0 Å². The molecule has 3 unspecified atom stereocenters. The summed E-state index contributed by atoms with van der Waals surface area (Å²) in [6.45, 7) is 7.34. The van der Waals surface area contributed by atoms with E-state index in [1.54, 1.807) is 0 Å². The molecule has 0 saturated heterocycles. The predicted octanol–water partition coefficient (Wildman–Crippen LogP) is 24.8. The van der Waals surface area contributed by atoms with E-state index in [1.165, 1.54) is 225 Å². The number of aliphatic hydroxyl groups excluding tert-OH is 1. The Morgan fingerprint density at radius 2 is 0.549 bits per heavy atom. The Hall–Kier alpha value is -2.46. The van der Waals surface area contributed by atoms with Crippen LogP contribution in [0, 0.1) is 5.92 Å². The molecule has 0 aliphatic rings. The third-order valence-corrected chi connectivity index (χ3v) is 21.2. The molecule has 0 aromatic carbocycles. The number of unbranched alkanes of at least 4 members (excludes halogenated alkanes) is 49. The summed E-state index contributed by atoms with van der Waals surface area (Å²) in [7, 11) is -9.93. The third-order valence-electron chi connectivity index (χ3n) is 19.3. The van der Waals surface area contributed by atoms with Gasteiger partial charge in [0.05, 0.1) is 26.4 Å². The quantitative estimate of drug-likeness (QED) is 0.0169. The van der Waals surface area contributed by atoms with Gasteiger partial charge in [0.1, 0.15) is 19.3 Å². The molecule has 0 aromatic rings. The first-order chi connectivity index (χ1) is 49.6. The second kappa shape index (κ2) is 75.4. The lowest BCUT2D eigenvalue weighted by Gasteiger charge is -2.21. The molecule has 0 spiro atoms. The number of phosphoric acid groups is 2. The number of aliphatic hydroxyl groups is 1. The molecule has 19 heteroatoms. The molecule has 602 valence electrons. The molecule has 3 N–H and O–H groups in total. The maximum Gasteiger partial charge on any atom is 0.472 e. The number of hydrogen-bond donors (Lipinski definition) is 3. The predicted molar refractivity (Wildman–Crippen MR) is 418 cm³/mol. The zero-order valence-electron chi connectivity index (χ0n) is 66.2. The Balaban J connectivity index is 5.24. The van der Waals surface area contributed by atoms with E-state index in [0.29, 0.717) is 25.7 Å². The van der Waals surface area contributed by atoms with Crippen LogP contribution in [-0.2, 0) is 65.4 Å². The molecule has 0 aliphatic carbocycles. The van der Waals surface area contributed by atoms with E-state index in [-0.39, 0.29) is 25.7 Å². The van der Waals surface area contributed by atoms with Gasteiger partial charge in [0.2, 0.25) is 0 Å². The van der Waals surface area contributed by atoms with Crippen molar-refractivity contribution in [3.05, 3.63) is 24.3 Å². The molecule has 0 bridgehead atoms. The normalized spacial score (nSPS) is 14.2. The largest absolute Gasteiger partial charge is 0.472 e. The van der Waals surface area contributed by atoms with Crippen molar-refractivity contribution < 1.29 is 80.2 Å². The second-order valence-corrected chi connectivity index (χ2v) is 32.3. The number of ether oxygens (including phenoxy) is 4. The highest BCUT2D eigenvalue weighted by atomic mass is 31.2. The molecule has 0 heterocycles. The van der Waals surface area contributed by atoms with Crippen molar-refractivity contribution in [2.45, 2.75) is 438 Å². The fraction of sp³-hybridized carbons (Fsp3) is 0.904. The van der Waals surface area contributed by atoms with Crippen molar-refractivity contribution in [1.29, 1.82) is 0 Å². The minimum atomic E-state index is -4.97. The number of carbonyl (C=O) groups is 4. The average Bonchev–Trinajstić information content (AvgIpc) is 0.921. The molecular weight excluding hydrogens is 1330 g/mol. The van der Waals surface area contributed by atoms with Crippen molar-refractivity contribution in [3.8, 4) is 0 Å². The summed E-state index contributed by atoms with van der Waals surface area (Å²) in [6, 6.07) is 0. The number of phosphoric ester groups is 2. The number of hydrogen-bond acceptors (Lipinski definition) is 15. The lowest BCUT2D eigenvalue weighted by molar-refractivity contribution is -0.161. The molecule has 102 heavy (non-hydrogen) atoms. The van der Waals surface area contributed by atoms with Crippen molar-refractivity contribution in [1.82, 2.24) is 0 Å². The van der Waals surface area contributed by atoms with E-state index in [0.717, 1.165) is 115 Å². The number of rotatable bonds is 81. The molecule has 0 rings (SSSR count). The SMILES string of the molecule is CCCCCC/C=C\C=C/CCCCCCCC(=O)OC[C@H](COP(=O)(O)OC[C@@H](O)COP(=O)(O)OC[C@@H](COC(=O)CCCCCCCCCCCC)OC(=O)CCCCCCCCCCCCCCCCC)OC(=O)CCCCCCCCCCCCCCCCCCCCC(C)CC. The first kappa shape index (κ1) is 99.5. The van der Waals surface area contributed by atoms with Gasteiger partial charge in [-0.05, 0) is 57.3 Å². The van der Waals surface area contributed by atoms with Gasteiger partial charge >= 0.3 is 39.5 Å². The molecule has 0 aliphatic heterocycles. The molecule has 17 nitrogen and oxygen atoms in total. The van der Waals surface area contributed by atoms with E-state index in [9.17, 15) is 43.2 Å². The minimum Gasteiger partial charge on any atom is -0.462 e. The van der Waals surface area contributed by atoms with Gasteiger partial charge in [-0.3, -0.25) is 37.3 Å². The standard InChI is InChI=1S/C83H158O17P2/c1-6-10-13-16-19-22-25-27-33-38-42-47-52-57-62-67-81(86)94-73-79(100-83(88)69-64-59-54-49-44-40-36-32-30-29-31-35-37-41-45-50-55-60-65-76(5)9-4)75-98-102(91,92)96-71-77(84)70-95-101(89,90)97-74-78(72-93-80(85)66-61-56-51-46-24-21-18-15-12-8-3)99-82(87)68-63-58-53-48-43-39-34-28-26-23-20-17-14-11-7-2/h22,25,27,33,76-79,84H,6-21,23-24,26,28-32,34-75H2,1-5H3,(H,89,90)(H,91,92)/b25-22-,33-27-/t76?,77-,78+,79+/m0/s1. The Morgan fingerprint density at radius 1 is 0.314 bits per heavy atom. The molecular formula is C83H158O17P2. The maximum atomic E-state index is 13.1. The van der Waals surface area contributed by atoms with Crippen molar-refractivity contribution in [3.63, 3.8) is 0 Å². The van der Waals surface area contributed by atoms with Crippen molar-refractivity contribution in [2.75, 3.05) is 39.6 Å². The number of esters is 4. The molecule has 6 atom stereocenters. The van der Waals surface area contributed by atoms with Crippen LogP contribution in [0.5, 0.6) is 0 Å². The molecule has 0 saturated carbocycles. The van der Waals surface area contributed by atoms with Gasteiger partial charge in [0.15, 0.2) is 12.2 Å². The fourth-order valence-electron chi connectivity index (χ4n) is 12.4. The van der Waals surface area contributed by atoms with Crippen LogP contribution in [0.3, 0.4) is 0 Å². The smallest absolute Gasteiger partial charge is 0.462 e. The molecule has 0 aromatic heterocycles. The van der Waals surface area contributed by atoms with Crippen molar-refractivity contribution >= 4 is 39.5 Å². The molecule has 0 amide bonds. The fourth-order valence-corrected chi connectivity index (χ4v) is 13.9. The zero-order valence-corrected chi connectivity index (χ0v) is 68.0. The highest BCUT2D eigenvalue weighted by Crippen LogP contribution is 2.45. The monoisotopic (exact) mass is 1490 g/mol. The third kappa shape index (κ3) is 74.4. The summed E-state index contributed by atoms with van der Waals surface area (Å²) in [5, 5.41) is 10.6. The van der Waals surface area contributed by atoms with Crippen LogP contribution in [-0.4, -0.2) is 96.7 Å². The summed E-state index contributed by atoms with van der Waals surface area (Å²) in [6.07, 6.45) is 70.1. The number of allylic oxidation sites excluding steroid dienone is 4. The average molecular weight is 1490 g/mol. The second-order valence-electron chi connectivity index (χ2n) is 29.4. The molecule has 0 fully saturated rings. The van der Waals surface area contributed by atoms with Crippen LogP contribution in [0.25, 0.3) is 0 Å². The number of carbonyl (C=O) groups excluding carboxylic acids is 4. The lowest BCUT2D eigenvalue weighted by Crippen LogP contribution is -2.30. The van der Waals surface area contributed by atoms with E-state index in [1.807, 2.05) is 0 Å². The zero-order chi connectivity index (χ0) is 74.8. The van der Waals surface area contributed by atoms with Gasteiger partial charge < -0.3 is 33.8 Å². The van der Waals surface area contributed by atoms with Crippen LogP contribution in [0.4, 0.5) is 0 Å². The van der Waals surface area contributed by atoms with E-state index < -0.39 is 97.5 Å². The Kier molecular flexibility index (Phi) is 73.5. The Labute approximate surface area is 624 Å². The summed E-state index contributed by atoms with van der Waals surface area (Å²) in [5.74, 6) is -1.26. The topological polar surface area (TPSA) is 237 Å². The van der Waals surface area contributed by atoms with Crippen molar-refractivity contribution in [2.24, 2.45) is 5.92 Å². The molecule has 0 radical (unpaired) electrons. The summed E-state index contributed by atoms with van der Waals surface area (Å²) >= 11 is 0. The van der Waals surface area contributed by atoms with Gasteiger partial charge in [-0.15, -0.1) is 0 Å². The van der Waals surface area contributed by atoms with Crippen LogP contribution in [0.2, 0.25) is 0 Å². The van der Waals surface area contributed by atoms with Crippen LogP contribution >= 0.6 is 15.6 Å². The Morgan fingerprint density at radius 3 is 0.833 bits per heavy atom. The first-order valence-corrected chi connectivity index (χ1v) is 45.5. The van der Waals surface area contributed by atoms with Crippen LogP contribution in [0.1, 0.15) is 420 Å².